The lowest BCUT2D eigenvalue weighted by molar-refractivity contribution is 0.102. The van der Waals surface area contributed by atoms with Gasteiger partial charge in [-0.2, -0.15) is 9.90 Å². The Morgan fingerprint density at radius 3 is 2.58 bits per heavy atom. The number of anilines is 1. The minimum atomic E-state index is -0.280. The second-order valence-corrected chi connectivity index (χ2v) is 6.64. The van der Waals surface area contributed by atoms with Gasteiger partial charge in [0.2, 0.25) is 5.13 Å². The van der Waals surface area contributed by atoms with Crippen LogP contribution in [0.25, 0.3) is 16.4 Å². The molecular weight excluding hydrogens is 372 g/mol. The van der Waals surface area contributed by atoms with Crippen LogP contribution in [0.3, 0.4) is 0 Å². The zero-order valence-corrected chi connectivity index (χ0v) is 14.8. The summed E-state index contributed by atoms with van der Waals surface area (Å²) in [6.45, 7) is 0. The van der Waals surface area contributed by atoms with Crippen LogP contribution in [0.5, 0.6) is 0 Å². The first-order valence-corrected chi connectivity index (χ1v) is 8.77. The summed E-state index contributed by atoms with van der Waals surface area (Å²) in [4.78, 5) is 13.7. The van der Waals surface area contributed by atoms with Gasteiger partial charge in [0.05, 0.1) is 11.9 Å². The number of nitrogens with one attached hydrogen (secondary N) is 1. The van der Waals surface area contributed by atoms with Crippen molar-refractivity contribution in [3.05, 3.63) is 71.4 Å². The minimum absolute atomic E-state index is 0.280. The molecule has 0 bridgehead atoms. The molecule has 0 radical (unpaired) electrons. The van der Waals surface area contributed by atoms with Crippen LogP contribution in [0.15, 0.2) is 60.8 Å². The second-order valence-electron chi connectivity index (χ2n) is 5.23. The lowest BCUT2D eigenvalue weighted by Gasteiger charge is -2.00. The summed E-state index contributed by atoms with van der Waals surface area (Å²) >= 11 is 7.05. The van der Waals surface area contributed by atoms with Gasteiger partial charge in [-0.1, -0.05) is 41.1 Å². The number of hydrogen-bond acceptors (Lipinski definition) is 6. The van der Waals surface area contributed by atoms with Gasteiger partial charge in [0.15, 0.2) is 5.01 Å². The van der Waals surface area contributed by atoms with E-state index in [1.54, 1.807) is 30.5 Å². The quantitative estimate of drug-likeness (QED) is 0.581. The van der Waals surface area contributed by atoms with E-state index < -0.39 is 0 Å². The Hall–Kier alpha value is -3.10. The Labute approximate surface area is 157 Å². The monoisotopic (exact) mass is 382 g/mol. The largest absolute Gasteiger partial charge is 0.296 e. The van der Waals surface area contributed by atoms with Gasteiger partial charge in [-0.05, 0) is 36.4 Å². The molecule has 0 aliphatic rings. The number of carbonyl (C=O) groups excluding carboxylic acids is 1. The second kappa shape index (κ2) is 7.03. The molecule has 0 fully saturated rings. The lowest BCUT2D eigenvalue weighted by atomic mass is 10.2. The number of para-hydroxylation sites is 1. The average molecular weight is 383 g/mol. The summed E-state index contributed by atoms with van der Waals surface area (Å²) in [6, 6.07) is 16.2. The molecule has 0 atom stereocenters. The third-order valence-corrected chi connectivity index (χ3v) is 4.56. The van der Waals surface area contributed by atoms with Gasteiger partial charge in [0, 0.05) is 10.6 Å². The molecule has 0 aliphatic heterocycles. The molecule has 26 heavy (non-hydrogen) atoms. The summed E-state index contributed by atoms with van der Waals surface area (Å²) in [5, 5.41) is 20.9. The summed E-state index contributed by atoms with van der Waals surface area (Å²) in [5.41, 5.74) is 1.92. The van der Waals surface area contributed by atoms with Crippen LogP contribution < -0.4 is 5.32 Å². The zero-order chi connectivity index (χ0) is 17.9. The van der Waals surface area contributed by atoms with Gasteiger partial charge < -0.3 is 0 Å². The maximum Gasteiger partial charge on any atom is 0.257 e. The highest BCUT2D eigenvalue weighted by Gasteiger charge is 2.14. The average Bonchev–Trinajstić information content (AvgIpc) is 3.32. The fraction of sp³-hybridized carbons (Fsp3) is 0. The molecule has 4 aromatic rings. The first-order valence-electron chi connectivity index (χ1n) is 7.57. The molecule has 4 rings (SSSR count). The zero-order valence-electron chi connectivity index (χ0n) is 13.2. The van der Waals surface area contributed by atoms with E-state index in [1.165, 1.54) is 16.1 Å². The van der Waals surface area contributed by atoms with Crippen molar-refractivity contribution in [2.45, 2.75) is 0 Å². The van der Waals surface area contributed by atoms with E-state index in [0.29, 0.717) is 26.4 Å². The lowest BCUT2D eigenvalue weighted by Crippen LogP contribution is -2.11. The Morgan fingerprint density at radius 1 is 1.04 bits per heavy atom. The van der Waals surface area contributed by atoms with Crippen molar-refractivity contribution in [3.63, 3.8) is 0 Å². The fourth-order valence-corrected chi connectivity index (χ4v) is 3.01. The molecule has 2 aromatic heterocycles. The smallest absolute Gasteiger partial charge is 0.257 e. The summed E-state index contributed by atoms with van der Waals surface area (Å²) in [6.07, 6.45) is 1.61. The number of carbonyl (C=O) groups is 1. The van der Waals surface area contributed by atoms with E-state index in [9.17, 15) is 4.79 Å². The highest BCUT2D eigenvalue weighted by molar-refractivity contribution is 7.18. The van der Waals surface area contributed by atoms with Crippen molar-refractivity contribution in [3.8, 4) is 16.4 Å². The van der Waals surface area contributed by atoms with E-state index in [2.05, 4.69) is 25.7 Å². The van der Waals surface area contributed by atoms with Crippen molar-refractivity contribution < 1.29 is 4.79 Å². The molecule has 1 N–H and O–H groups in total. The Balaban J connectivity index is 1.50. The molecular formula is C17H11ClN6OS. The first-order chi connectivity index (χ1) is 12.7. The first kappa shape index (κ1) is 16.4. The van der Waals surface area contributed by atoms with Crippen LogP contribution in [0.2, 0.25) is 5.02 Å². The van der Waals surface area contributed by atoms with Gasteiger partial charge in [0.1, 0.15) is 5.69 Å². The van der Waals surface area contributed by atoms with Crippen LogP contribution in [0.1, 0.15) is 10.4 Å². The number of hydrogen-bond donors (Lipinski definition) is 1. The molecule has 9 heteroatoms. The predicted octanol–water partition coefficient (Wildman–Crippen LogP) is 3.69. The number of halogens is 1. The van der Waals surface area contributed by atoms with E-state index in [-0.39, 0.29) is 5.91 Å². The fourth-order valence-electron chi connectivity index (χ4n) is 2.19. The molecule has 128 valence electrons. The maximum absolute atomic E-state index is 12.2. The van der Waals surface area contributed by atoms with Crippen LogP contribution in [-0.4, -0.2) is 31.1 Å². The maximum atomic E-state index is 12.2. The molecule has 0 unspecified atom stereocenters. The highest BCUT2D eigenvalue weighted by atomic mass is 35.5. The number of amides is 1. The molecule has 0 saturated carbocycles. The summed E-state index contributed by atoms with van der Waals surface area (Å²) in [7, 11) is 0. The van der Waals surface area contributed by atoms with Crippen molar-refractivity contribution in [1.29, 1.82) is 0 Å². The van der Waals surface area contributed by atoms with Crippen LogP contribution in [-0.2, 0) is 0 Å². The molecule has 0 spiro atoms. The van der Waals surface area contributed by atoms with Crippen LogP contribution >= 0.6 is 22.9 Å². The molecule has 7 nitrogen and oxygen atoms in total. The number of benzene rings is 2. The van der Waals surface area contributed by atoms with Crippen LogP contribution in [0, 0.1) is 0 Å². The van der Waals surface area contributed by atoms with Gasteiger partial charge >= 0.3 is 0 Å². The predicted molar refractivity (Wildman–Crippen MR) is 99.7 cm³/mol. The standard InChI is InChI=1S/C17H11ClN6OS/c18-12-8-6-11(7-9-12)15(25)20-17-22-21-16(26-17)14-10-19-24(23-14)13-4-2-1-3-5-13/h1-10H,(H,20,22,25). The van der Waals surface area contributed by atoms with Gasteiger partial charge in [-0.25, -0.2) is 0 Å². The number of aromatic nitrogens is 5. The number of rotatable bonds is 4. The van der Waals surface area contributed by atoms with Gasteiger partial charge in [-0.15, -0.1) is 15.3 Å². The number of nitrogens with zero attached hydrogens (tertiary/aromatic N) is 5. The Kier molecular flexibility index (Phi) is 4.42. The van der Waals surface area contributed by atoms with E-state index in [0.717, 1.165) is 5.69 Å². The Morgan fingerprint density at radius 2 is 1.81 bits per heavy atom. The molecule has 0 aliphatic carbocycles. The Bertz CT molecular complexity index is 1040. The summed E-state index contributed by atoms with van der Waals surface area (Å²) in [5.74, 6) is -0.280. The SMILES string of the molecule is O=C(Nc1nnc(-c2cnn(-c3ccccc3)n2)s1)c1ccc(Cl)cc1. The van der Waals surface area contributed by atoms with E-state index in [1.807, 2.05) is 30.3 Å². The summed E-state index contributed by atoms with van der Waals surface area (Å²) < 4.78 is 0. The third-order valence-electron chi connectivity index (χ3n) is 3.45. The molecule has 1 amide bonds. The third kappa shape index (κ3) is 3.46. The van der Waals surface area contributed by atoms with Crippen molar-refractivity contribution >= 4 is 34.0 Å². The van der Waals surface area contributed by atoms with Crippen LogP contribution in [0.4, 0.5) is 5.13 Å². The molecule has 2 aromatic carbocycles. The van der Waals surface area contributed by atoms with Crippen molar-refractivity contribution in [2.24, 2.45) is 0 Å². The highest BCUT2D eigenvalue weighted by Crippen LogP contribution is 2.25. The van der Waals surface area contributed by atoms with Crippen molar-refractivity contribution in [1.82, 2.24) is 25.2 Å². The minimum Gasteiger partial charge on any atom is -0.296 e. The molecule has 0 saturated heterocycles. The van der Waals surface area contributed by atoms with E-state index >= 15 is 0 Å². The van der Waals surface area contributed by atoms with E-state index in [4.69, 9.17) is 11.6 Å². The topological polar surface area (TPSA) is 85.6 Å². The van der Waals surface area contributed by atoms with Gasteiger partial charge in [0.25, 0.3) is 5.91 Å². The van der Waals surface area contributed by atoms with Gasteiger partial charge in [-0.3, -0.25) is 10.1 Å². The molecule has 2 heterocycles. The van der Waals surface area contributed by atoms with Crippen molar-refractivity contribution in [2.75, 3.05) is 5.32 Å². The normalized spacial score (nSPS) is 10.7.